The highest BCUT2D eigenvalue weighted by Gasteiger charge is 2.51. The predicted octanol–water partition coefficient (Wildman–Crippen LogP) is 3.77. The van der Waals surface area contributed by atoms with Crippen molar-refractivity contribution in [1.29, 1.82) is 0 Å². The fourth-order valence-corrected chi connectivity index (χ4v) is 4.64. The zero-order valence-corrected chi connectivity index (χ0v) is 17.7. The number of anilines is 1. The van der Waals surface area contributed by atoms with Gasteiger partial charge in [-0.2, -0.15) is 0 Å². The largest absolute Gasteiger partial charge is 0.379 e. The summed E-state index contributed by atoms with van der Waals surface area (Å²) < 4.78 is 11.3. The second-order valence-electron chi connectivity index (χ2n) is 8.10. The van der Waals surface area contributed by atoms with Gasteiger partial charge in [0, 0.05) is 26.8 Å². The molecule has 4 unspecified atom stereocenters. The predicted molar refractivity (Wildman–Crippen MR) is 114 cm³/mol. The van der Waals surface area contributed by atoms with Gasteiger partial charge in [0.15, 0.2) is 0 Å². The Morgan fingerprint density at radius 2 is 1.53 bits per heavy atom. The molecule has 0 spiro atoms. The van der Waals surface area contributed by atoms with Gasteiger partial charge in [-0.3, -0.25) is 4.79 Å². The summed E-state index contributed by atoms with van der Waals surface area (Å²) in [5.74, 6) is -0.488. The van der Waals surface area contributed by atoms with Crippen LogP contribution in [0.3, 0.4) is 0 Å². The third kappa shape index (κ3) is 3.73. The Morgan fingerprint density at radius 3 is 2.17 bits per heavy atom. The molecule has 2 aromatic carbocycles. The van der Waals surface area contributed by atoms with Crippen LogP contribution >= 0.6 is 0 Å². The molecule has 1 saturated carbocycles. The van der Waals surface area contributed by atoms with E-state index in [1.807, 2.05) is 54.3 Å². The van der Waals surface area contributed by atoms with Crippen molar-refractivity contribution in [2.75, 3.05) is 19.1 Å². The molecule has 4 rings (SSSR count). The quantitative estimate of drug-likeness (QED) is 0.756. The zero-order valence-electron chi connectivity index (χ0n) is 17.7. The number of aryl methyl sites for hydroxylation is 1. The van der Waals surface area contributed by atoms with Crippen molar-refractivity contribution in [3.8, 4) is 0 Å². The first-order valence-electron chi connectivity index (χ1n) is 10.3. The molecule has 0 N–H and O–H groups in total. The minimum absolute atomic E-state index is 0.152. The minimum Gasteiger partial charge on any atom is -0.379 e. The van der Waals surface area contributed by atoms with Crippen molar-refractivity contribution in [2.24, 2.45) is 5.92 Å². The smallest absolute Gasteiger partial charge is 0.331 e. The molecule has 0 bridgehead atoms. The van der Waals surface area contributed by atoms with E-state index < -0.39 is 0 Å². The standard InChI is InChI=1S/C24H28N2O4/c1-16-9-11-17(12-10-16)15-25-20-14-22(30-3)21(29-2)13-19(20)23(27)26(24(25)28)18-7-5-4-6-8-18/h4-12,19-22H,13-15H2,1-3H3. The van der Waals surface area contributed by atoms with Crippen LogP contribution in [-0.2, 0) is 20.8 Å². The van der Waals surface area contributed by atoms with Gasteiger partial charge >= 0.3 is 6.03 Å². The van der Waals surface area contributed by atoms with Crippen LogP contribution in [0.5, 0.6) is 0 Å². The molecule has 0 aromatic heterocycles. The van der Waals surface area contributed by atoms with E-state index in [0.29, 0.717) is 25.1 Å². The van der Waals surface area contributed by atoms with Crippen LogP contribution in [-0.4, -0.2) is 49.3 Å². The van der Waals surface area contributed by atoms with Crippen molar-refractivity contribution >= 4 is 17.6 Å². The highest BCUT2D eigenvalue weighted by atomic mass is 16.5. The summed E-state index contributed by atoms with van der Waals surface area (Å²) in [7, 11) is 3.30. The molecule has 1 heterocycles. The lowest BCUT2D eigenvalue weighted by molar-refractivity contribution is -0.137. The molecule has 6 nitrogen and oxygen atoms in total. The summed E-state index contributed by atoms with van der Waals surface area (Å²) in [5, 5.41) is 0. The van der Waals surface area contributed by atoms with E-state index in [1.165, 1.54) is 10.5 Å². The SMILES string of the molecule is COC1CC2C(=O)N(c3ccccc3)C(=O)N(Cc3ccc(C)cc3)C2CC1OC. The van der Waals surface area contributed by atoms with Gasteiger partial charge in [-0.05, 0) is 37.5 Å². The van der Waals surface area contributed by atoms with Crippen LogP contribution in [0.25, 0.3) is 0 Å². The molecule has 1 aliphatic carbocycles. The van der Waals surface area contributed by atoms with Gasteiger partial charge in [-0.1, -0.05) is 48.0 Å². The average Bonchev–Trinajstić information content (AvgIpc) is 2.78. The molecule has 4 atom stereocenters. The maximum Gasteiger partial charge on any atom is 0.331 e. The summed E-state index contributed by atoms with van der Waals surface area (Å²) in [6.45, 7) is 2.49. The van der Waals surface area contributed by atoms with E-state index in [2.05, 4.69) is 0 Å². The number of amides is 3. The molecular formula is C24H28N2O4. The Labute approximate surface area is 177 Å². The van der Waals surface area contributed by atoms with Crippen LogP contribution in [0.1, 0.15) is 24.0 Å². The van der Waals surface area contributed by atoms with E-state index in [0.717, 1.165) is 5.56 Å². The third-order valence-corrected chi connectivity index (χ3v) is 6.31. The number of carbonyl (C=O) groups is 2. The third-order valence-electron chi connectivity index (χ3n) is 6.31. The molecular weight excluding hydrogens is 380 g/mol. The van der Waals surface area contributed by atoms with Crippen molar-refractivity contribution in [2.45, 2.75) is 44.6 Å². The van der Waals surface area contributed by atoms with E-state index in [9.17, 15) is 9.59 Å². The molecule has 3 amide bonds. The van der Waals surface area contributed by atoms with Crippen molar-refractivity contribution < 1.29 is 19.1 Å². The molecule has 30 heavy (non-hydrogen) atoms. The highest BCUT2D eigenvalue weighted by molar-refractivity contribution is 6.17. The molecule has 1 aliphatic heterocycles. The number of benzene rings is 2. The number of hydrogen-bond acceptors (Lipinski definition) is 4. The first kappa shape index (κ1) is 20.6. The second kappa shape index (κ2) is 8.58. The lowest BCUT2D eigenvalue weighted by Crippen LogP contribution is -2.65. The van der Waals surface area contributed by atoms with Crippen molar-refractivity contribution in [3.05, 3.63) is 65.7 Å². The second-order valence-corrected chi connectivity index (χ2v) is 8.10. The first-order valence-corrected chi connectivity index (χ1v) is 10.3. The number of ether oxygens (including phenoxy) is 2. The molecule has 158 valence electrons. The number of rotatable bonds is 5. The number of nitrogens with zero attached hydrogens (tertiary/aromatic N) is 2. The van der Waals surface area contributed by atoms with E-state index in [1.54, 1.807) is 26.4 Å². The van der Waals surface area contributed by atoms with Gasteiger partial charge in [0.2, 0.25) is 5.91 Å². The van der Waals surface area contributed by atoms with Gasteiger partial charge in [0.05, 0.1) is 23.8 Å². The number of methoxy groups -OCH3 is 2. The number of fused-ring (bicyclic) bond motifs is 1. The van der Waals surface area contributed by atoms with Gasteiger partial charge in [-0.15, -0.1) is 0 Å². The Morgan fingerprint density at radius 1 is 0.900 bits per heavy atom. The van der Waals surface area contributed by atoms with Crippen LogP contribution in [0.2, 0.25) is 0 Å². The molecule has 1 saturated heterocycles. The summed E-state index contributed by atoms with van der Waals surface area (Å²) >= 11 is 0. The normalized spacial score (nSPS) is 26.6. The molecule has 2 fully saturated rings. The van der Waals surface area contributed by atoms with Crippen LogP contribution in [0, 0.1) is 12.8 Å². The van der Waals surface area contributed by atoms with E-state index in [-0.39, 0.29) is 36.1 Å². The van der Waals surface area contributed by atoms with Gasteiger partial charge in [0.25, 0.3) is 0 Å². The lowest BCUT2D eigenvalue weighted by atomic mass is 9.77. The topological polar surface area (TPSA) is 59.1 Å². The zero-order chi connectivity index (χ0) is 21.3. The Kier molecular flexibility index (Phi) is 5.88. The Balaban J connectivity index is 1.72. The molecule has 6 heteroatoms. The Bertz CT molecular complexity index is 899. The average molecular weight is 408 g/mol. The fourth-order valence-electron chi connectivity index (χ4n) is 4.64. The number of urea groups is 1. The Hall–Kier alpha value is -2.70. The van der Waals surface area contributed by atoms with Gasteiger partial charge in [0.1, 0.15) is 0 Å². The monoisotopic (exact) mass is 408 g/mol. The molecule has 2 aliphatic rings. The van der Waals surface area contributed by atoms with Gasteiger partial charge < -0.3 is 14.4 Å². The molecule has 0 radical (unpaired) electrons. The van der Waals surface area contributed by atoms with Crippen LogP contribution < -0.4 is 4.90 Å². The van der Waals surface area contributed by atoms with E-state index >= 15 is 0 Å². The summed E-state index contributed by atoms with van der Waals surface area (Å²) in [5.41, 5.74) is 2.81. The fraction of sp³-hybridized carbons (Fsp3) is 0.417. The summed E-state index contributed by atoms with van der Waals surface area (Å²) in [4.78, 5) is 30.2. The number of imide groups is 1. The van der Waals surface area contributed by atoms with Crippen LogP contribution in [0.15, 0.2) is 54.6 Å². The lowest BCUT2D eigenvalue weighted by Gasteiger charge is -2.49. The number of hydrogen-bond donors (Lipinski definition) is 0. The van der Waals surface area contributed by atoms with Crippen molar-refractivity contribution in [1.82, 2.24) is 4.90 Å². The maximum absolute atomic E-state index is 13.6. The van der Waals surface area contributed by atoms with Crippen molar-refractivity contribution in [3.63, 3.8) is 0 Å². The first-order chi connectivity index (χ1) is 14.5. The van der Waals surface area contributed by atoms with E-state index in [4.69, 9.17) is 9.47 Å². The summed E-state index contributed by atoms with van der Waals surface area (Å²) in [6, 6.07) is 16.8. The highest BCUT2D eigenvalue weighted by Crippen LogP contribution is 2.39. The number of carbonyl (C=O) groups excluding carboxylic acids is 2. The minimum atomic E-state index is -0.329. The summed E-state index contributed by atoms with van der Waals surface area (Å²) in [6.07, 6.45) is 0.776. The van der Waals surface area contributed by atoms with Crippen LogP contribution in [0.4, 0.5) is 10.5 Å². The van der Waals surface area contributed by atoms with Gasteiger partial charge in [-0.25, -0.2) is 9.69 Å². The maximum atomic E-state index is 13.6. The molecule has 2 aromatic rings. The number of para-hydroxylation sites is 1.